The Bertz CT molecular complexity index is 732. The molecule has 1 aliphatic rings. The summed E-state index contributed by atoms with van der Waals surface area (Å²) in [7, 11) is 0. The van der Waals surface area contributed by atoms with Crippen LogP contribution in [-0.4, -0.2) is 38.6 Å². The number of aliphatic hydroxyl groups excluding tert-OH is 1. The molecule has 1 aromatic carbocycles. The zero-order chi connectivity index (χ0) is 17.6. The molecule has 1 aliphatic heterocycles. The standard InChI is InChI=1S/C20H24N2O3/c23-14-16-9-10-21-19(13-16)20(25)22-11-2-1-5-17(22)8-7-15-4-3-6-18(24)12-15/h3-4,6,9-10,12-13,17,23-24H,1-2,5,7-8,11,14H2/t17-/m0/s1. The Morgan fingerprint density at radius 2 is 2.08 bits per heavy atom. The number of hydrogen-bond donors (Lipinski definition) is 2. The van der Waals surface area contributed by atoms with Gasteiger partial charge in [-0.3, -0.25) is 9.78 Å². The largest absolute Gasteiger partial charge is 0.508 e. The summed E-state index contributed by atoms with van der Waals surface area (Å²) in [5, 5.41) is 18.9. The van der Waals surface area contributed by atoms with E-state index >= 15 is 0 Å². The zero-order valence-electron chi connectivity index (χ0n) is 14.3. The number of hydrogen-bond acceptors (Lipinski definition) is 4. The minimum Gasteiger partial charge on any atom is -0.508 e. The molecule has 1 atom stereocenters. The fourth-order valence-corrected chi connectivity index (χ4v) is 3.45. The van der Waals surface area contributed by atoms with Gasteiger partial charge >= 0.3 is 0 Å². The Labute approximate surface area is 147 Å². The predicted octanol–water partition coefficient (Wildman–Crippen LogP) is 2.91. The molecule has 0 saturated carbocycles. The number of benzene rings is 1. The zero-order valence-corrected chi connectivity index (χ0v) is 14.3. The molecule has 2 aromatic rings. The first-order valence-electron chi connectivity index (χ1n) is 8.82. The van der Waals surface area contributed by atoms with Crippen LogP contribution in [0.5, 0.6) is 5.75 Å². The van der Waals surface area contributed by atoms with Crippen molar-refractivity contribution >= 4 is 5.91 Å². The van der Waals surface area contributed by atoms with E-state index in [9.17, 15) is 15.0 Å². The van der Waals surface area contributed by atoms with Crippen molar-refractivity contribution in [3.8, 4) is 5.75 Å². The summed E-state index contributed by atoms with van der Waals surface area (Å²) in [6, 6.07) is 10.9. The average Bonchev–Trinajstić information content (AvgIpc) is 2.66. The second-order valence-corrected chi connectivity index (χ2v) is 6.56. The molecule has 0 radical (unpaired) electrons. The average molecular weight is 340 g/mol. The number of aromatic nitrogens is 1. The van der Waals surface area contributed by atoms with Crippen LogP contribution in [0.15, 0.2) is 42.6 Å². The number of nitrogens with zero attached hydrogens (tertiary/aromatic N) is 2. The summed E-state index contributed by atoms with van der Waals surface area (Å²) >= 11 is 0. The molecule has 1 saturated heterocycles. The fraction of sp³-hybridized carbons (Fsp3) is 0.400. The van der Waals surface area contributed by atoms with Gasteiger partial charge in [0.1, 0.15) is 11.4 Å². The molecule has 3 rings (SSSR count). The second-order valence-electron chi connectivity index (χ2n) is 6.56. The Morgan fingerprint density at radius 1 is 1.20 bits per heavy atom. The van der Waals surface area contributed by atoms with Crippen molar-refractivity contribution in [2.24, 2.45) is 0 Å². The maximum atomic E-state index is 12.9. The Hall–Kier alpha value is -2.40. The van der Waals surface area contributed by atoms with Gasteiger partial charge < -0.3 is 15.1 Å². The van der Waals surface area contributed by atoms with Gasteiger partial charge in [-0.25, -0.2) is 0 Å². The molecular weight excluding hydrogens is 316 g/mol. The molecule has 0 unspecified atom stereocenters. The van der Waals surface area contributed by atoms with Crippen LogP contribution in [0.3, 0.4) is 0 Å². The van der Waals surface area contributed by atoms with Crippen LogP contribution >= 0.6 is 0 Å². The monoisotopic (exact) mass is 340 g/mol. The Balaban J connectivity index is 1.70. The molecule has 1 aromatic heterocycles. The number of carbonyl (C=O) groups excluding carboxylic acids is 1. The van der Waals surface area contributed by atoms with Crippen molar-refractivity contribution in [1.82, 2.24) is 9.88 Å². The fourth-order valence-electron chi connectivity index (χ4n) is 3.45. The van der Waals surface area contributed by atoms with Gasteiger partial charge in [-0.2, -0.15) is 0 Å². The van der Waals surface area contributed by atoms with Crippen molar-refractivity contribution in [3.63, 3.8) is 0 Å². The van der Waals surface area contributed by atoms with Gasteiger partial charge in [0.2, 0.25) is 0 Å². The van der Waals surface area contributed by atoms with Gasteiger partial charge in [-0.05, 0) is 67.5 Å². The van der Waals surface area contributed by atoms with Crippen LogP contribution in [0.4, 0.5) is 0 Å². The SMILES string of the molecule is O=C(c1cc(CO)ccn1)N1CCCC[C@H]1CCc1cccc(O)c1. The molecule has 0 aliphatic carbocycles. The van der Waals surface area contributed by atoms with Gasteiger partial charge in [0, 0.05) is 18.8 Å². The van der Waals surface area contributed by atoms with E-state index in [2.05, 4.69) is 4.98 Å². The van der Waals surface area contributed by atoms with Crippen molar-refractivity contribution in [3.05, 3.63) is 59.4 Å². The Kier molecular flexibility index (Phi) is 5.66. The highest BCUT2D eigenvalue weighted by atomic mass is 16.3. The molecule has 2 heterocycles. The molecule has 25 heavy (non-hydrogen) atoms. The highest BCUT2D eigenvalue weighted by Gasteiger charge is 2.28. The number of piperidine rings is 1. The number of amides is 1. The van der Waals surface area contributed by atoms with Gasteiger partial charge in [-0.1, -0.05) is 12.1 Å². The molecule has 5 nitrogen and oxygen atoms in total. The van der Waals surface area contributed by atoms with Gasteiger partial charge in [0.25, 0.3) is 5.91 Å². The van der Waals surface area contributed by atoms with E-state index in [1.165, 1.54) is 0 Å². The summed E-state index contributed by atoms with van der Waals surface area (Å²) < 4.78 is 0. The van der Waals surface area contributed by atoms with E-state index in [1.54, 1.807) is 30.5 Å². The van der Waals surface area contributed by atoms with Crippen molar-refractivity contribution in [1.29, 1.82) is 0 Å². The molecule has 132 valence electrons. The Morgan fingerprint density at radius 3 is 2.88 bits per heavy atom. The lowest BCUT2D eigenvalue weighted by Gasteiger charge is -2.35. The van der Waals surface area contributed by atoms with Crippen molar-refractivity contribution in [2.75, 3.05) is 6.54 Å². The summed E-state index contributed by atoms with van der Waals surface area (Å²) in [4.78, 5) is 19.0. The molecule has 2 N–H and O–H groups in total. The lowest BCUT2D eigenvalue weighted by Crippen LogP contribution is -2.44. The molecule has 1 amide bonds. The first-order chi connectivity index (χ1) is 12.2. The number of rotatable bonds is 5. The number of likely N-dealkylation sites (tertiary alicyclic amines) is 1. The van der Waals surface area contributed by atoms with E-state index in [-0.39, 0.29) is 24.3 Å². The lowest BCUT2D eigenvalue weighted by molar-refractivity contribution is 0.0595. The molecule has 5 heteroatoms. The first kappa shape index (κ1) is 17.4. The maximum Gasteiger partial charge on any atom is 0.272 e. The summed E-state index contributed by atoms with van der Waals surface area (Å²) in [6.07, 6.45) is 6.39. The van der Waals surface area contributed by atoms with Crippen LogP contribution in [0.2, 0.25) is 0 Å². The van der Waals surface area contributed by atoms with Crippen LogP contribution < -0.4 is 0 Å². The van der Waals surface area contributed by atoms with Crippen molar-refractivity contribution < 1.29 is 15.0 Å². The van der Waals surface area contributed by atoms with E-state index in [0.29, 0.717) is 11.3 Å². The highest BCUT2D eigenvalue weighted by Crippen LogP contribution is 2.24. The minimum atomic E-state index is -0.0935. The van der Waals surface area contributed by atoms with Crippen molar-refractivity contribution in [2.45, 2.75) is 44.8 Å². The van der Waals surface area contributed by atoms with E-state index in [0.717, 1.165) is 44.2 Å². The topological polar surface area (TPSA) is 73.7 Å². The van der Waals surface area contributed by atoms with Crippen LogP contribution in [0.25, 0.3) is 0 Å². The first-order valence-corrected chi connectivity index (χ1v) is 8.82. The highest BCUT2D eigenvalue weighted by molar-refractivity contribution is 5.92. The number of pyridine rings is 1. The summed E-state index contributed by atoms with van der Waals surface area (Å²) in [5.74, 6) is 0.218. The van der Waals surface area contributed by atoms with Gasteiger partial charge in [0.05, 0.1) is 6.61 Å². The smallest absolute Gasteiger partial charge is 0.272 e. The van der Waals surface area contributed by atoms with Gasteiger partial charge in [-0.15, -0.1) is 0 Å². The second kappa shape index (κ2) is 8.12. The number of phenolic OH excluding ortho intramolecular Hbond substituents is 1. The normalized spacial score (nSPS) is 17.5. The van der Waals surface area contributed by atoms with E-state index in [1.807, 2.05) is 17.0 Å². The molecule has 0 bridgehead atoms. The number of aryl methyl sites for hydroxylation is 1. The maximum absolute atomic E-state index is 12.9. The van der Waals surface area contributed by atoms with Crippen LogP contribution in [-0.2, 0) is 13.0 Å². The number of phenols is 1. The summed E-state index contributed by atoms with van der Waals surface area (Å²) in [6.45, 7) is 0.651. The quantitative estimate of drug-likeness (QED) is 0.878. The third kappa shape index (κ3) is 4.37. The van der Waals surface area contributed by atoms with Crippen LogP contribution in [0.1, 0.15) is 47.3 Å². The predicted molar refractivity (Wildman–Crippen MR) is 95.3 cm³/mol. The number of aliphatic hydroxyl groups is 1. The third-order valence-corrected chi connectivity index (χ3v) is 4.79. The number of aromatic hydroxyl groups is 1. The molecule has 0 spiro atoms. The van der Waals surface area contributed by atoms with Gasteiger partial charge in [0.15, 0.2) is 0 Å². The third-order valence-electron chi connectivity index (χ3n) is 4.79. The molecule has 1 fully saturated rings. The van der Waals surface area contributed by atoms with Crippen LogP contribution in [0, 0.1) is 0 Å². The number of carbonyl (C=O) groups is 1. The van der Waals surface area contributed by atoms with E-state index < -0.39 is 0 Å². The lowest BCUT2D eigenvalue weighted by atomic mass is 9.95. The van der Waals surface area contributed by atoms with E-state index in [4.69, 9.17) is 0 Å². The molecular formula is C20H24N2O3. The minimum absolute atomic E-state index is 0.0593. The summed E-state index contributed by atoms with van der Waals surface area (Å²) in [5.41, 5.74) is 2.18.